The Labute approximate surface area is 116 Å². The fraction of sp³-hybridized carbons (Fsp3) is 0.667. The first-order valence-electron chi connectivity index (χ1n) is 7.02. The van der Waals surface area contributed by atoms with Gasteiger partial charge in [0.2, 0.25) is 0 Å². The molecular formula is C15H26N2O2. The number of hydrogen-bond donors (Lipinski definition) is 1. The first-order valence-corrected chi connectivity index (χ1v) is 7.02. The Morgan fingerprint density at radius 3 is 2.63 bits per heavy atom. The molecule has 0 saturated carbocycles. The average molecular weight is 266 g/mol. The quantitative estimate of drug-likeness (QED) is 0.660. The molecule has 19 heavy (non-hydrogen) atoms. The Morgan fingerprint density at radius 2 is 2.00 bits per heavy atom. The maximum absolute atomic E-state index is 5.47. The lowest BCUT2D eigenvalue weighted by molar-refractivity contribution is 0.0441. The predicted octanol–water partition coefficient (Wildman–Crippen LogP) is 2.38. The third-order valence-corrected chi connectivity index (χ3v) is 2.59. The molecule has 1 rings (SSSR count). The van der Waals surface area contributed by atoms with Crippen LogP contribution in [0.3, 0.4) is 0 Å². The minimum absolute atomic E-state index is 0.548. The zero-order chi connectivity index (χ0) is 13.9. The molecule has 1 aromatic heterocycles. The van der Waals surface area contributed by atoms with Gasteiger partial charge in [0.15, 0.2) is 0 Å². The van der Waals surface area contributed by atoms with Crippen LogP contribution in [0.5, 0.6) is 0 Å². The van der Waals surface area contributed by atoms with E-state index < -0.39 is 0 Å². The molecule has 0 unspecified atom stereocenters. The fourth-order valence-electron chi connectivity index (χ4n) is 1.59. The van der Waals surface area contributed by atoms with E-state index in [1.807, 2.05) is 19.2 Å². The van der Waals surface area contributed by atoms with Gasteiger partial charge in [-0.05, 0) is 31.0 Å². The van der Waals surface area contributed by atoms with Crippen molar-refractivity contribution in [1.82, 2.24) is 10.3 Å². The molecule has 0 radical (unpaired) electrons. The van der Waals surface area contributed by atoms with E-state index in [0.29, 0.717) is 25.7 Å². The van der Waals surface area contributed by atoms with E-state index in [-0.39, 0.29) is 0 Å². The van der Waals surface area contributed by atoms with Crippen LogP contribution < -0.4 is 5.32 Å². The van der Waals surface area contributed by atoms with E-state index in [9.17, 15) is 0 Å². The predicted molar refractivity (Wildman–Crippen MR) is 76.9 cm³/mol. The van der Waals surface area contributed by atoms with Crippen LogP contribution in [0.1, 0.15) is 32.0 Å². The van der Waals surface area contributed by atoms with Crippen LogP contribution >= 0.6 is 0 Å². The molecule has 1 heterocycles. The zero-order valence-corrected chi connectivity index (χ0v) is 12.3. The fourth-order valence-corrected chi connectivity index (χ4v) is 1.59. The average Bonchev–Trinajstić information content (AvgIpc) is 2.40. The number of aromatic nitrogens is 1. The molecule has 0 aromatic carbocycles. The maximum Gasteiger partial charge on any atom is 0.0889 e. The highest BCUT2D eigenvalue weighted by Crippen LogP contribution is 2.02. The van der Waals surface area contributed by atoms with E-state index in [4.69, 9.17) is 9.47 Å². The molecular weight excluding hydrogens is 240 g/mol. The Kier molecular flexibility index (Phi) is 8.38. The lowest BCUT2D eigenvalue weighted by Gasteiger charge is -2.08. The molecule has 0 aliphatic carbocycles. The summed E-state index contributed by atoms with van der Waals surface area (Å²) in [5.74, 6) is 0.672. The van der Waals surface area contributed by atoms with E-state index >= 15 is 0 Å². The van der Waals surface area contributed by atoms with Crippen LogP contribution in [0.15, 0.2) is 18.3 Å². The van der Waals surface area contributed by atoms with Gasteiger partial charge < -0.3 is 14.8 Å². The lowest BCUT2D eigenvalue weighted by Crippen LogP contribution is -2.19. The molecule has 4 heteroatoms. The van der Waals surface area contributed by atoms with Gasteiger partial charge in [-0.25, -0.2) is 0 Å². The van der Waals surface area contributed by atoms with Gasteiger partial charge in [-0.1, -0.05) is 19.9 Å². The number of hydrogen-bond acceptors (Lipinski definition) is 4. The number of pyridine rings is 1. The second-order valence-electron chi connectivity index (χ2n) is 4.93. The van der Waals surface area contributed by atoms with Crippen molar-refractivity contribution < 1.29 is 9.47 Å². The van der Waals surface area contributed by atoms with Gasteiger partial charge in [0, 0.05) is 19.3 Å². The van der Waals surface area contributed by atoms with Gasteiger partial charge in [-0.3, -0.25) is 4.98 Å². The molecule has 0 spiro atoms. The molecule has 108 valence electrons. The van der Waals surface area contributed by atoms with Gasteiger partial charge >= 0.3 is 0 Å². The molecule has 0 aliphatic rings. The molecule has 1 N–H and O–H groups in total. The molecule has 0 saturated heterocycles. The smallest absolute Gasteiger partial charge is 0.0889 e. The van der Waals surface area contributed by atoms with Crippen molar-refractivity contribution in [2.24, 2.45) is 5.92 Å². The number of rotatable bonds is 10. The summed E-state index contributed by atoms with van der Waals surface area (Å²) < 4.78 is 10.7. The Balaban J connectivity index is 2.19. The third-order valence-electron chi connectivity index (χ3n) is 2.59. The van der Waals surface area contributed by atoms with E-state index in [0.717, 1.165) is 25.4 Å². The Bertz CT molecular complexity index is 325. The molecule has 0 aliphatic heterocycles. The third kappa shape index (κ3) is 7.93. The Hall–Kier alpha value is -0.970. The summed E-state index contributed by atoms with van der Waals surface area (Å²) >= 11 is 0. The first kappa shape index (κ1) is 16.1. The Morgan fingerprint density at radius 1 is 1.21 bits per heavy atom. The molecule has 1 aromatic rings. The summed E-state index contributed by atoms with van der Waals surface area (Å²) in [5, 5.41) is 3.40. The largest absolute Gasteiger partial charge is 0.379 e. The van der Waals surface area contributed by atoms with Crippen molar-refractivity contribution in [2.75, 3.05) is 26.4 Å². The number of nitrogens with zero attached hydrogens (tertiary/aromatic N) is 1. The van der Waals surface area contributed by atoms with Crippen molar-refractivity contribution in [3.05, 3.63) is 29.6 Å². The summed E-state index contributed by atoms with van der Waals surface area (Å²) in [6, 6.07) is 4.12. The van der Waals surface area contributed by atoms with Crippen molar-refractivity contribution in [3.8, 4) is 0 Å². The van der Waals surface area contributed by atoms with Crippen molar-refractivity contribution in [3.63, 3.8) is 0 Å². The van der Waals surface area contributed by atoms with Crippen LogP contribution in [0.4, 0.5) is 0 Å². The SMILES string of the molecule is CCOCCOCc1ccc(CNCC(C)C)cn1. The van der Waals surface area contributed by atoms with Crippen molar-refractivity contribution in [2.45, 2.75) is 33.9 Å². The van der Waals surface area contributed by atoms with Crippen molar-refractivity contribution >= 4 is 0 Å². The van der Waals surface area contributed by atoms with Crippen LogP contribution in [0.25, 0.3) is 0 Å². The van der Waals surface area contributed by atoms with Gasteiger partial charge in [0.1, 0.15) is 0 Å². The van der Waals surface area contributed by atoms with E-state index in [1.54, 1.807) is 0 Å². The molecule has 4 nitrogen and oxygen atoms in total. The lowest BCUT2D eigenvalue weighted by atomic mass is 10.2. The zero-order valence-electron chi connectivity index (χ0n) is 12.3. The topological polar surface area (TPSA) is 43.4 Å². The molecule has 0 atom stereocenters. The highest BCUT2D eigenvalue weighted by Gasteiger charge is 1.98. The van der Waals surface area contributed by atoms with Gasteiger partial charge in [-0.15, -0.1) is 0 Å². The number of nitrogens with one attached hydrogen (secondary N) is 1. The standard InChI is InChI=1S/C15H26N2O2/c1-4-18-7-8-19-12-15-6-5-14(11-17-15)10-16-9-13(2)3/h5-6,11,13,16H,4,7-10,12H2,1-3H3. The highest BCUT2D eigenvalue weighted by atomic mass is 16.5. The van der Waals surface area contributed by atoms with Crippen LogP contribution in [0.2, 0.25) is 0 Å². The molecule has 0 bridgehead atoms. The highest BCUT2D eigenvalue weighted by molar-refractivity contribution is 5.13. The second-order valence-corrected chi connectivity index (χ2v) is 4.93. The van der Waals surface area contributed by atoms with Crippen LogP contribution in [-0.4, -0.2) is 31.3 Å². The summed E-state index contributed by atoms with van der Waals surface area (Å²) in [6.45, 7) is 10.8. The van der Waals surface area contributed by atoms with Gasteiger partial charge in [0.25, 0.3) is 0 Å². The summed E-state index contributed by atoms with van der Waals surface area (Å²) in [4.78, 5) is 4.39. The van der Waals surface area contributed by atoms with Crippen LogP contribution in [0, 0.1) is 5.92 Å². The van der Waals surface area contributed by atoms with E-state index in [2.05, 4.69) is 30.2 Å². The van der Waals surface area contributed by atoms with Gasteiger partial charge in [0.05, 0.1) is 25.5 Å². The molecule has 0 amide bonds. The second kappa shape index (κ2) is 9.89. The number of ether oxygens (including phenoxy) is 2. The summed E-state index contributed by atoms with van der Waals surface area (Å²) in [7, 11) is 0. The van der Waals surface area contributed by atoms with E-state index in [1.165, 1.54) is 5.56 Å². The van der Waals surface area contributed by atoms with Crippen molar-refractivity contribution in [1.29, 1.82) is 0 Å². The minimum Gasteiger partial charge on any atom is -0.379 e. The molecule has 0 fully saturated rings. The van der Waals surface area contributed by atoms with Crippen LogP contribution in [-0.2, 0) is 22.6 Å². The monoisotopic (exact) mass is 266 g/mol. The van der Waals surface area contributed by atoms with Gasteiger partial charge in [-0.2, -0.15) is 0 Å². The minimum atomic E-state index is 0.548. The summed E-state index contributed by atoms with van der Waals surface area (Å²) in [6.07, 6.45) is 1.91. The summed E-state index contributed by atoms with van der Waals surface area (Å²) in [5.41, 5.74) is 2.17. The normalized spacial score (nSPS) is 11.2. The first-order chi connectivity index (χ1) is 9.22. The maximum atomic E-state index is 5.47.